The van der Waals surface area contributed by atoms with E-state index in [0.29, 0.717) is 0 Å². The molecule has 0 saturated carbocycles. The Morgan fingerprint density at radius 1 is 1.56 bits per heavy atom. The van der Waals surface area contributed by atoms with Crippen LogP contribution in [0.5, 0.6) is 0 Å². The van der Waals surface area contributed by atoms with Crippen molar-refractivity contribution in [1.29, 1.82) is 0 Å². The molecule has 102 valence electrons. The highest BCUT2D eigenvalue weighted by atomic mass is 32.1. The molecule has 1 unspecified atom stereocenters. The number of likely N-dealkylation sites (tertiary alicyclic amines) is 1. The van der Waals surface area contributed by atoms with Crippen molar-refractivity contribution >= 4 is 11.3 Å². The molecule has 0 aliphatic carbocycles. The summed E-state index contributed by atoms with van der Waals surface area (Å²) in [7, 11) is 2.01. The molecule has 1 fully saturated rings. The SMILES string of the molecule is CCN1CCC(Cc2ncc(CCCNC)s2)C1. The van der Waals surface area contributed by atoms with Crippen LogP contribution in [-0.2, 0) is 12.8 Å². The predicted octanol–water partition coefficient (Wildman–Crippen LogP) is 2.18. The summed E-state index contributed by atoms with van der Waals surface area (Å²) in [6.45, 7) is 7.10. The highest BCUT2D eigenvalue weighted by Crippen LogP contribution is 2.23. The van der Waals surface area contributed by atoms with Gasteiger partial charge in [0.1, 0.15) is 0 Å². The van der Waals surface area contributed by atoms with Crippen LogP contribution in [0.15, 0.2) is 6.20 Å². The molecule has 4 heteroatoms. The number of thiazole rings is 1. The lowest BCUT2D eigenvalue weighted by Gasteiger charge is -2.11. The Morgan fingerprint density at radius 3 is 3.17 bits per heavy atom. The summed E-state index contributed by atoms with van der Waals surface area (Å²) >= 11 is 1.92. The number of hydrogen-bond donors (Lipinski definition) is 1. The Balaban J connectivity index is 1.76. The quantitative estimate of drug-likeness (QED) is 0.768. The molecule has 1 atom stereocenters. The van der Waals surface area contributed by atoms with Crippen molar-refractivity contribution in [2.45, 2.75) is 32.6 Å². The van der Waals surface area contributed by atoms with Gasteiger partial charge in [-0.1, -0.05) is 6.92 Å². The lowest BCUT2D eigenvalue weighted by molar-refractivity contribution is 0.342. The van der Waals surface area contributed by atoms with Gasteiger partial charge in [0.25, 0.3) is 0 Å². The molecular formula is C14H25N3S. The van der Waals surface area contributed by atoms with E-state index in [-0.39, 0.29) is 0 Å². The maximum atomic E-state index is 4.59. The van der Waals surface area contributed by atoms with E-state index in [1.54, 1.807) is 0 Å². The maximum Gasteiger partial charge on any atom is 0.0930 e. The molecule has 0 aromatic carbocycles. The van der Waals surface area contributed by atoms with E-state index in [1.807, 2.05) is 18.4 Å². The van der Waals surface area contributed by atoms with Crippen LogP contribution in [0.3, 0.4) is 0 Å². The van der Waals surface area contributed by atoms with Crippen LogP contribution in [0.25, 0.3) is 0 Å². The van der Waals surface area contributed by atoms with Gasteiger partial charge in [-0.2, -0.15) is 0 Å². The summed E-state index contributed by atoms with van der Waals surface area (Å²) in [5, 5.41) is 4.54. The van der Waals surface area contributed by atoms with E-state index in [4.69, 9.17) is 0 Å². The van der Waals surface area contributed by atoms with Crippen molar-refractivity contribution in [3.8, 4) is 0 Å². The Morgan fingerprint density at radius 2 is 2.44 bits per heavy atom. The molecule has 1 aliphatic rings. The second-order valence-electron chi connectivity index (χ2n) is 5.18. The van der Waals surface area contributed by atoms with Gasteiger partial charge in [-0.25, -0.2) is 4.98 Å². The average Bonchev–Trinajstić information content (AvgIpc) is 3.00. The van der Waals surface area contributed by atoms with E-state index in [2.05, 4.69) is 28.3 Å². The minimum Gasteiger partial charge on any atom is -0.320 e. The Bertz CT molecular complexity index is 351. The van der Waals surface area contributed by atoms with Crippen molar-refractivity contribution in [1.82, 2.24) is 15.2 Å². The molecule has 1 aromatic heterocycles. The minimum absolute atomic E-state index is 0.834. The number of rotatable bonds is 7. The van der Waals surface area contributed by atoms with Crippen molar-refractivity contribution in [3.05, 3.63) is 16.1 Å². The molecule has 0 amide bonds. The van der Waals surface area contributed by atoms with Gasteiger partial charge in [0.2, 0.25) is 0 Å². The minimum atomic E-state index is 0.834. The Labute approximate surface area is 115 Å². The van der Waals surface area contributed by atoms with Gasteiger partial charge in [-0.15, -0.1) is 11.3 Å². The first-order chi connectivity index (χ1) is 8.81. The van der Waals surface area contributed by atoms with Crippen molar-refractivity contribution in [2.24, 2.45) is 5.92 Å². The van der Waals surface area contributed by atoms with Crippen molar-refractivity contribution < 1.29 is 0 Å². The fourth-order valence-electron chi connectivity index (χ4n) is 2.61. The molecule has 2 heterocycles. The summed E-state index contributed by atoms with van der Waals surface area (Å²) in [6, 6.07) is 0. The van der Waals surface area contributed by atoms with Crippen LogP contribution in [0.4, 0.5) is 0 Å². The van der Waals surface area contributed by atoms with Crippen LogP contribution in [-0.4, -0.2) is 43.1 Å². The molecule has 2 rings (SSSR count). The normalized spacial score (nSPS) is 20.7. The first-order valence-corrected chi connectivity index (χ1v) is 7.94. The van der Waals surface area contributed by atoms with Gasteiger partial charge in [-0.05, 0) is 51.9 Å². The zero-order valence-electron chi connectivity index (χ0n) is 11.6. The van der Waals surface area contributed by atoms with Gasteiger partial charge in [0.05, 0.1) is 5.01 Å². The third-order valence-corrected chi connectivity index (χ3v) is 4.81. The number of hydrogen-bond acceptors (Lipinski definition) is 4. The van der Waals surface area contributed by atoms with E-state index in [0.717, 1.165) is 12.5 Å². The molecule has 0 spiro atoms. The third kappa shape index (κ3) is 4.04. The summed E-state index contributed by atoms with van der Waals surface area (Å²) < 4.78 is 0. The monoisotopic (exact) mass is 267 g/mol. The van der Waals surface area contributed by atoms with E-state index in [9.17, 15) is 0 Å². The molecule has 1 N–H and O–H groups in total. The number of aromatic nitrogens is 1. The number of aryl methyl sites for hydroxylation is 1. The fourth-order valence-corrected chi connectivity index (χ4v) is 3.69. The summed E-state index contributed by atoms with van der Waals surface area (Å²) in [6.07, 6.45) is 7.01. The predicted molar refractivity (Wildman–Crippen MR) is 78.3 cm³/mol. The van der Waals surface area contributed by atoms with E-state index in [1.165, 1.54) is 55.2 Å². The van der Waals surface area contributed by atoms with Crippen LogP contribution in [0.2, 0.25) is 0 Å². The molecule has 1 saturated heterocycles. The van der Waals surface area contributed by atoms with Gasteiger partial charge in [0.15, 0.2) is 0 Å². The summed E-state index contributed by atoms with van der Waals surface area (Å²) in [5.41, 5.74) is 0. The second kappa shape index (κ2) is 7.22. The topological polar surface area (TPSA) is 28.2 Å². The Kier molecular flexibility index (Phi) is 5.60. The van der Waals surface area contributed by atoms with Crippen molar-refractivity contribution in [3.63, 3.8) is 0 Å². The molecular weight excluding hydrogens is 242 g/mol. The van der Waals surface area contributed by atoms with Crippen LogP contribution < -0.4 is 5.32 Å². The zero-order chi connectivity index (χ0) is 12.8. The van der Waals surface area contributed by atoms with Crippen molar-refractivity contribution in [2.75, 3.05) is 33.2 Å². The van der Waals surface area contributed by atoms with E-state index < -0.39 is 0 Å². The number of nitrogens with one attached hydrogen (secondary N) is 1. The lowest BCUT2D eigenvalue weighted by Crippen LogP contribution is -2.20. The summed E-state index contributed by atoms with van der Waals surface area (Å²) in [4.78, 5) is 8.59. The average molecular weight is 267 g/mol. The number of nitrogens with zero attached hydrogens (tertiary/aromatic N) is 2. The van der Waals surface area contributed by atoms with Gasteiger partial charge in [-0.3, -0.25) is 0 Å². The lowest BCUT2D eigenvalue weighted by atomic mass is 10.1. The smallest absolute Gasteiger partial charge is 0.0930 e. The second-order valence-corrected chi connectivity index (χ2v) is 6.38. The maximum absolute atomic E-state index is 4.59. The molecule has 3 nitrogen and oxygen atoms in total. The van der Waals surface area contributed by atoms with Crippen LogP contribution >= 0.6 is 11.3 Å². The molecule has 1 aromatic rings. The van der Waals surface area contributed by atoms with E-state index >= 15 is 0 Å². The third-order valence-electron chi connectivity index (χ3n) is 3.73. The summed E-state index contributed by atoms with van der Waals surface area (Å²) in [5.74, 6) is 0.834. The fraction of sp³-hybridized carbons (Fsp3) is 0.786. The highest BCUT2D eigenvalue weighted by Gasteiger charge is 2.22. The first kappa shape index (κ1) is 14.0. The van der Waals surface area contributed by atoms with Crippen LogP contribution in [0.1, 0.15) is 29.7 Å². The molecule has 18 heavy (non-hydrogen) atoms. The first-order valence-electron chi connectivity index (χ1n) is 7.12. The van der Waals surface area contributed by atoms with Gasteiger partial charge in [0, 0.05) is 24.0 Å². The molecule has 0 bridgehead atoms. The largest absolute Gasteiger partial charge is 0.320 e. The molecule has 0 radical (unpaired) electrons. The van der Waals surface area contributed by atoms with Gasteiger partial charge >= 0.3 is 0 Å². The zero-order valence-corrected chi connectivity index (χ0v) is 12.4. The van der Waals surface area contributed by atoms with Gasteiger partial charge < -0.3 is 10.2 Å². The highest BCUT2D eigenvalue weighted by molar-refractivity contribution is 7.11. The molecule has 1 aliphatic heterocycles. The standard InChI is InChI=1S/C14H25N3S/c1-3-17-8-6-12(11-17)9-14-16-10-13(18-14)5-4-7-15-2/h10,12,15H,3-9,11H2,1-2H3. The Hall–Kier alpha value is -0.450. The van der Waals surface area contributed by atoms with Crippen LogP contribution in [0, 0.1) is 5.92 Å².